The fourth-order valence-corrected chi connectivity index (χ4v) is 4.16. The van der Waals surface area contributed by atoms with E-state index in [0.29, 0.717) is 5.92 Å². The predicted octanol–water partition coefficient (Wildman–Crippen LogP) is 1.47. The van der Waals surface area contributed by atoms with Crippen LogP contribution in [0.4, 0.5) is 4.79 Å². The minimum atomic E-state index is -0.767. The number of nitrogens with one attached hydrogen (secondary N) is 2. The second kappa shape index (κ2) is 6.16. The molecule has 1 atom stereocenters. The first-order valence-electron chi connectivity index (χ1n) is 8.06. The summed E-state index contributed by atoms with van der Waals surface area (Å²) in [6.45, 7) is 8.69. The maximum absolute atomic E-state index is 12.0. The highest BCUT2D eigenvalue weighted by Crippen LogP contribution is 2.31. The molecule has 0 unspecified atom stereocenters. The van der Waals surface area contributed by atoms with Gasteiger partial charge in [0, 0.05) is 5.92 Å². The summed E-state index contributed by atoms with van der Waals surface area (Å²) in [6.07, 6.45) is 1.78. The SMILES string of the molecule is CC(C)c1nnc(CN2CCC([C@]3(C)NC(=O)NC3=O)CC2)s1. The largest absolute Gasteiger partial charge is 0.323 e. The summed E-state index contributed by atoms with van der Waals surface area (Å²) in [6, 6.07) is -0.380. The number of nitrogens with zero attached hydrogens (tertiary/aromatic N) is 3. The number of rotatable bonds is 4. The molecule has 0 radical (unpaired) electrons. The van der Waals surface area contributed by atoms with Gasteiger partial charge in [0.15, 0.2) is 0 Å². The fraction of sp³-hybridized carbons (Fsp3) is 0.733. The summed E-state index contributed by atoms with van der Waals surface area (Å²) in [5, 5.41) is 15.8. The molecule has 2 fully saturated rings. The van der Waals surface area contributed by atoms with Crippen LogP contribution in [0.5, 0.6) is 0 Å². The van der Waals surface area contributed by atoms with Crippen molar-refractivity contribution in [1.29, 1.82) is 0 Å². The zero-order chi connectivity index (χ0) is 16.6. The van der Waals surface area contributed by atoms with E-state index >= 15 is 0 Å². The molecule has 0 aliphatic carbocycles. The van der Waals surface area contributed by atoms with Gasteiger partial charge in [-0.3, -0.25) is 15.0 Å². The number of piperidine rings is 1. The molecule has 0 saturated carbocycles. The van der Waals surface area contributed by atoms with Gasteiger partial charge in [-0.25, -0.2) is 4.79 Å². The smallest absolute Gasteiger partial charge is 0.322 e. The normalized spacial score (nSPS) is 26.6. The molecule has 126 valence electrons. The average Bonchev–Trinajstić information content (AvgIpc) is 3.05. The molecule has 23 heavy (non-hydrogen) atoms. The lowest BCUT2D eigenvalue weighted by molar-refractivity contribution is -0.125. The first-order chi connectivity index (χ1) is 10.9. The second-order valence-corrected chi connectivity index (χ2v) is 7.94. The molecule has 1 aromatic heterocycles. The van der Waals surface area contributed by atoms with Gasteiger partial charge in [0.25, 0.3) is 5.91 Å². The van der Waals surface area contributed by atoms with E-state index in [2.05, 4.69) is 39.6 Å². The fourth-order valence-electron chi connectivity index (χ4n) is 3.27. The van der Waals surface area contributed by atoms with Gasteiger partial charge >= 0.3 is 6.03 Å². The van der Waals surface area contributed by atoms with Crippen LogP contribution in [0.25, 0.3) is 0 Å². The summed E-state index contributed by atoms with van der Waals surface area (Å²) in [7, 11) is 0. The lowest BCUT2D eigenvalue weighted by Crippen LogP contribution is -2.53. The summed E-state index contributed by atoms with van der Waals surface area (Å²) >= 11 is 1.68. The molecule has 2 aliphatic heterocycles. The van der Waals surface area contributed by atoms with Gasteiger partial charge in [0.2, 0.25) is 0 Å². The molecule has 8 heteroatoms. The monoisotopic (exact) mass is 337 g/mol. The quantitative estimate of drug-likeness (QED) is 0.813. The second-order valence-electron chi connectivity index (χ2n) is 6.85. The molecule has 7 nitrogen and oxygen atoms in total. The van der Waals surface area contributed by atoms with Crippen molar-refractivity contribution in [3.8, 4) is 0 Å². The highest BCUT2D eigenvalue weighted by molar-refractivity contribution is 7.11. The van der Waals surface area contributed by atoms with Gasteiger partial charge in [-0.15, -0.1) is 10.2 Å². The Kier molecular flexibility index (Phi) is 4.37. The number of imide groups is 1. The summed E-state index contributed by atoms with van der Waals surface area (Å²) in [5.41, 5.74) is -0.767. The number of hydrogen-bond acceptors (Lipinski definition) is 6. The van der Waals surface area contributed by atoms with Crippen LogP contribution >= 0.6 is 11.3 Å². The molecular weight excluding hydrogens is 314 g/mol. The van der Waals surface area contributed by atoms with Crippen molar-refractivity contribution in [2.24, 2.45) is 5.92 Å². The third-order valence-corrected chi connectivity index (χ3v) is 6.02. The predicted molar refractivity (Wildman–Crippen MR) is 87.1 cm³/mol. The van der Waals surface area contributed by atoms with Gasteiger partial charge in [-0.05, 0) is 38.8 Å². The first kappa shape index (κ1) is 16.3. The van der Waals surface area contributed by atoms with E-state index in [-0.39, 0.29) is 17.9 Å². The standard InChI is InChI=1S/C15H23N5O2S/c1-9(2)12-19-18-11(23-12)8-20-6-4-10(5-7-20)15(3)13(21)16-14(22)17-15/h9-10H,4-8H2,1-3H3,(H2,16,17,21,22)/t15-/m0/s1. The number of amides is 3. The van der Waals surface area contributed by atoms with E-state index in [1.807, 2.05) is 6.92 Å². The van der Waals surface area contributed by atoms with Crippen molar-refractivity contribution in [2.75, 3.05) is 13.1 Å². The molecule has 1 aromatic rings. The Morgan fingerprint density at radius 1 is 1.30 bits per heavy atom. The van der Waals surface area contributed by atoms with Crippen LogP contribution in [0.1, 0.15) is 49.5 Å². The summed E-state index contributed by atoms with van der Waals surface area (Å²) < 4.78 is 0. The Morgan fingerprint density at radius 3 is 2.52 bits per heavy atom. The Hall–Kier alpha value is -1.54. The van der Waals surface area contributed by atoms with E-state index in [1.165, 1.54) is 0 Å². The average molecular weight is 337 g/mol. The molecule has 2 saturated heterocycles. The maximum atomic E-state index is 12.0. The topological polar surface area (TPSA) is 87.2 Å². The summed E-state index contributed by atoms with van der Waals surface area (Å²) in [4.78, 5) is 25.8. The van der Waals surface area contributed by atoms with E-state index in [1.54, 1.807) is 11.3 Å². The van der Waals surface area contributed by atoms with E-state index in [9.17, 15) is 9.59 Å². The highest BCUT2D eigenvalue weighted by Gasteiger charge is 2.48. The van der Waals surface area contributed by atoms with Crippen molar-refractivity contribution in [2.45, 2.75) is 51.6 Å². The Balaban J connectivity index is 1.56. The Bertz CT molecular complexity index is 609. The minimum absolute atomic E-state index is 0.172. The molecule has 0 aromatic carbocycles. The number of urea groups is 1. The number of aromatic nitrogens is 2. The van der Waals surface area contributed by atoms with Gasteiger partial charge in [0.1, 0.15) is 15.6 Å². The van der Waals surface area contributed by atoms with Gasteiger partial charge < -0.3 is 5.32 Å². The number of carbonyl (C=O) groups excluding carboxylic acids is 2. The molecule has 0 bridgehead atoms. The lowest BCUT2D eigenvalue weighted by atomic mass is 9.79. The number of hydrogen-bond donors (Lipinski definition) is 2. The maximum Gasteiger partial charge on any atom is 0.322 e. The molecular formula is C15H23N5O2S. The van der Waals surface area contributed by atoms with E-state index in [4.69, 9.17) is 0 Å². The van der Waals surface area contributed by atoms with E-state index in [0.717, 1.165) is 42.5 Å². The highest BCUT2D eigenvalue weighted by atomic mass is 32.1. The first-order valence-corrected chi connectivity index (χ1v) is 8.88. The zero-order valence-corrected chi connectivity index (χ0v) is 14.6. The van der Waals surface area contributed by atoms with E-state index < -0.39 is 5.54 Å². The van der Waals surface area contributed by atoms with Crippen molar-refractivity contribution in [3.63, 3.8) is 0 Å². The minimum Gasteiger partial charge on any atom is -0.323 e. The third kappa shape index (κ3) is 3.23. The van der Waals surface area contributed by atoms with Crippen LogP contribution in [0, 0.1) is 5.92 Å². The number of carbonyl (C=O) groups is 2. The molecule has 3 amide bonds. The number of likely N-dealkylation sites (tertiary alicyclic amines) is 1. The van der Waals surface area contributed by atoms with Crippen LogP contribution in [0.3, 0.4) is 0 Å². The molecule has 3 heterocycles. The Labute approximate surface area is 139 Å². The van der Waals surface area contributed by atoms with Gasteiger partial charge in [-0.2, -0.15) is 0 Å². The van der Waals surface area contributed by atoms with Crippen LogP contribution in [-0.4, -0.2) is 45.7 Å². The molecule has 0 spiro atoms. The zero-order valence-electron chi connectivity index (χ0n) is 13.8. The lowest BCUT2D eigenvalue weighted by Gasteiger charge is -2.38. The van der Waals surface area contributed by atoms with Crippen LogP contribution in [-0.2, 0) is 11.3 Å². The Morgan fingerprint density at radius 2 is 2.00 bits per heavy atom. The molecule has 2 N–H and O–H groups in total. The van der Waals surface area contributed by atoms with Crippen molar-refractivity contribution in [1.82, 2.24) is 25.7 Å². The van der Waals surface area contributed by atoms with Crippen molar-refractivity contribution >= 4 is 23.3 Å². The van der Waals surface area contributed by atoms with Crippen molar-refractivity contribution < 1.29 is 9.59 Å². The van der Waals surface area contributed by atoms with Gasteiger partial charge in [0.05, 0.1) is 6.54 Å². The molecule has 2 aliphatic rings. The molecule has 3 rings (SSSR count). The third-order valence-electron chi connectivity index (χ3n) is 4.81. The van der Waals surface area contributed by atoms with Crippen LogP contribution in [0.15, 0.2) is 0 Å². The van der Waals surface area contributed by atoms with Crippen LogP contribution < -0.4 is 10.6 Å². The van der Waals surface area contributed by atoms with Gasteiger partial charge in [-0.1, -0.05) is 25.2 Å². The summed E-state index contributed by atoms with van der Waals surface area (Å²) in [5.74, 6) is 0.383. The van der Waals surface area contributed by atoms with Crippen LogP contribution in [0.2, 0.25) is 0 Å². The van der Waals surface area contributed by atoms with Crippen molar-refractivity contribution in [3.05, 3.63) is 10.0 Å².